The smallest absolute Gasteiger partial charge is 0.335 e. The van der Waals surface area contributed by atoms with E-state index in [2.05, 4.69) is 5.92 Å². The molecule has 0 aliphatic carbocycles. The van der Waals surface area contributed by atoms with E-state index in [4.69, 9.17) is 21.4 Å². The van der Waals surface area contributed by atoms with Crippen LogP contribution in [0.4, 0.5) is 0 Å². The number of allylic oxidation sites excluding steroid dienone is 3. The summed E-state index contributed by atoms with van der Waals surface area (Å²) in [6.07, 6.45) is 8.28. The average Bonchev–Trinajstić information content (AvgIpc) is 2.45. The summed E-state index contributed by atoms with van der Waals surface area (Å²) in [6.45, 7) is 1.45. The zero-order valence-corrected chi connectivity index (χ0v) is 11.4. The van der Waals surface area contributed by atoms with Crippen LogP contribution in [-0.4, -0.2) is 22.2 Å². The summed E-state index contributed by atoms with van der Waals surface area (Å²) in [5.74, 6) is 1.16. The maximum absolute atomic E-state index is 10.7. The molecule has 1 rings (SSSR count). The van der Waals surface area contributed by atoms with Gasteiger partial charge in [0.2, 0.25) is 0 Å². The van der Waals surface area contributed by atoms with Gasteiger partial charge in [0.15, 0.2) is 0 Å². The third-order valence-corrected chi connectivity index (χ3v) is 2.48. The van der Waals surface area contributed by atoms with Gasteiger partial charge in [-0.3, -0.25) is 0 Å². The second-order valence-electron chi connectivity index (χ2n) is 4.10. The fourth-order valence-corrected chi connectivity index (χ4v) is 1.34. The Kier molecular flexibility index (Phi) is 5.78. The number of hydrogen-bond donors (Lipinski definition) is 2. The number of rotatable bonds is 6. The lowest BCUT2D eigenvalue weighted by molar-refractivity contribution is -0.132. The van der Waals surface area contributed by atoms with Crippen molar-refractivity contribution in [2.75, 3.05) is 0 Å². The highest BCUT2D eigenvalue weighted by molar-refractivity contribution is 5.87. The molecule has 0 aromatic heterocycles. The van der Waals surface area contributed by atoms with E-state index in [9.17, 15) is 9.59 Å². The quantitative estimate of drug-likeness (QED) is 0.363. The number of aromatic carboxylic acids is 1. The van der Waals surface area contributed by atoms with Crippen molar-refractivity contribution in [2.45, 2.75) is 13.3 Å². The Hall–Kier alpha value is -3.00. The number of carbonyl (C=O) groups is 2. The van der Waals surface area contributed by atoms with Crippen molar-refractivity contribution in [3.05, 3.63) is 53.3 Å². The first kappa shape index (κ1) is 16.1. The summed E-state index contributed by atoms with van der Waals surface area (Å²) in [4.78, 5) is 21.4. The SMILES string of the molecule is C#CC/C(=C\C=C(/C)C(=O)O)Oc1ccc(C(=O)O)cc1. The fourth-order valence-electron chi connectivity index (χ4n) is 1.34. The molecule has 108 valence electrons. The van der Waals surface area contributed by atoms with Gasteiger partial charge in [0, 0.05) is 5.57 Å². The number of carboxylic acid groups (broad SMARTS) is 2. The molecule has 0 atom stereocenters. The first-order valence-electron chi connectivity index (χ1n) is 5.99. The highest BCUT2D eigenvalue weighted by Gasteiger charge is 2.04. The van der Waals surface area contributed by atoms with Crippen molar-refractivity contribution in [3.8, 4) is 18.1 Å². The molecule has 0 heterocycles. The van der Waals surface area contributed by atoms with Crippen LogP contribution in [0.15, 0.2) is 47.7 Å². The third-order valence-electron chi connectivity index (χ3n) is 2.48. The van der Waals surface area contributed by atoms with Crippen LogP contribution in [-0.2, 0) is 4.79 Å². The summed E-state index contributed by atoms with van der Waals surface area (Å²) in [6, 6.07) is 5.82. The predicted molar refractivity (Wildman–Crippen MR) is 77.0 cm³/mol. The first-order valence-corrected chi connectivity index (χ1v) is 5.99. The van der Waals surface area contributed by atoms with E-state index in [-0.39, 0.29) is 17.6 Å². The van der Waals surface area contributed by atoms with Gasteiger partial charge in [-0.1, -0.05) is 5.92 Å². The minimum absolute atomic E-state index is 0.145. The molecule has 0 spiro atoms. The minimum atomic E-state index is -1.03. The summed E-state index contributed by atoms with van der Waals surface area (Å²) in [7, 11) is 0. The lowest BCUT2D eigenvalue weighted by Gasteiger charge is -2.07. The number of aliphatic carboxylic acids is 1. The van der Waals surface area contributed by atoms with Gasteiger partial charge in [0.05, 0.1) is 12.0 Å². The summed E-state index contributed by atoms with van der Waals surface area (Å²) in [5.41, 5.74) is 0.292. The van der Waals surface area contributed by atoms with Crippen LogP contribution in [0.1, 0.15) is 23.7 Å². The molecule has 0 aliphatic rings. The fraction of sp³-hybridized carbons (Fsp3) is 0.125. The average molecular weight is 286 g/mol. The van der Waals surface area contributed by atoms with Crippen LogP contribution in [0.2, 0.25) is 0 Å². The van der Waals surface area contributed by atoms with E-state index in [1.165, 1.54) is 43.3 Å². The van der Waals surface area contributed by atoms with E-state index in [1.807, 2.05) is 0 Å². The number of hydrogen-bond acceptors (Lipinski definition) is 3. The third kappa shape index (κ3) is 5.25. The standard InChI is InChI=1S/C16H14O5/c1-3-4-13(8-5-11(2)15(17)18)21-14-9-6-12(7-10-14)16(19)20/h1,5-10H,4H2,2H3,(H,17,18)(H,19,20)/b11-5+,13-8+. The summed E-state index contributed by atoms with van der Waals surface area (Å²) < 4.78 is 5.51. The molecule has 0 unspecified atom stereocenters. The van der Waals surface area contributed by atoms with Crippen LogP contribution < -0.4 is 4.74 Å². The van der Waals surface area contributed by atoms with E-state index >= 15 is 0 Å². The molecule has 5 heteroatoms. The lowest BCUT2D eigenvalue weighted by Crippen LogP contribution is -1.98. The molecular weight excluding hydrogens is 272 g/mol. The van der Waals surface area contributed by atoms with Crippen LogP contribution in [0.25, 0.3) is 0 Å². The van der Waals surface area contributed by atoms with E-state index in [0.29, 0.717) is 11.5 Å². The van der Waals surface area contributed by atoms with Crippen molar-refractivity contribution in [1.29, 1.82) is 0 Å². The van der Waals surface area contributed by atoms with Crippen molar-refractivity contribution >= 4 is 11.9 Å². The predicted octanol–water partition coefficient (Wildman–Crippen LogP) is 2.70. The molecule has 2 N–H and O–H groups in total. The van der Waals surface area contributed by atoms with E-state index in [1.54, 1.807) is 0 Å². The zero-order chi connectivity index (χ0) is 15.8. The topological polar surface area (TPSA) is 83.8 Å². The van der Waals surface area contributed by atoms with E-state index in [0.717, 1.165) is 0 Å². The Morgan fingerprint density at radius 1 is 1.24 bits per heavy atom. The van der Waals surface area contributed by atoms with Crippen molar-refractivity contribution in [1.82, 2.24) is 0 Å². The van der Waals surface area contributed by atoms with Gasteiger partial charge in [-0.05, 0) is 43.3 Å². The van der Waals surface area contributed by atoms with Gasteiger partial charge in [-0.2, -0.15) is 0 Å². The Bertz CT molecular complexity index is 630. The lowest BCUT2D eigenvalue weighted by atomic mass is 10.2. The molecule has 1 aromatic carbocycles. The van der Waals surface area contributed by atoms with Crippen LogP contribution in [0.5, 0.6) is 5.75 Å². The summed E-state index contributed by atoms with van der Waals surface area (Å²) in [5, 5.41) is 17.6. The second-order valence-corrected chi connectivity index (χ2v) is 4.10. The van der Waals surface area contributed by atoms with Crippen molar-refractivity contribution < 1.29 is 24.5 Å². The van der Waals surface area contributed by atoms with Crippen LogP contribution in [0.3, 0.4) is 0 Å². The Morgan fingerprint density at radius 2 is 1.86 bits per heavy atom. The van der Waals surface area contributed by atoms with Crippen molar-refractivity contribution in [2.24, 2.45) is 0 Å². The highest BCUT2D eigenvalue weighted by atomic mass is 16.5. The Balaban J connectivity index is 2.91. The molecule has 0 bridgehead atoms. The van der Waals surface area contributed by atoms with Crippen molar-refractivity contribution in [3.63, 3.8) is 0 Å². The number of terminal acetylenes is 1. The van der Waals surface area contributed by atoms with Gasteiger partial charge in [-0.15, -0.1) is 6.42 Å². The second kappa shape index (κ2) is 7.56. The van der Waals surface area contributed by atoms with Gasteiger partial charge in [0.25, 0.3) is 0 Å². The number of ether oxygens (including phenoxy) is 1. The molecule has 1 aromatic rings. The number of benzene rings is 1. The molecular formula is C16H14O5. The number of carboxylic acids is 2. The Morgan fingerprint density at radius 3 is 2.33 bits per heavy atom. The Labute approximate surface area is 122 Å². The van der Waals surface area contributed by atoms with Gasteiger partial charge >= 0.3 is 11.9 Å². The zero-order valence-electron chi connectivity index (χ0n) is 11.4. The molecule has 0 aliphatic heterocycles. The maximum Gasteiger partial charge on any atom is 0.335 e. The molecule has 21 heavy (non-hydrogen) atoms. The molecule has 0 fully saturated rings. The summed E-state index contributed by atoms with van der Waals surface area (Å²) >= 11 is 0. The van der Waals surface area contributed by atoms with Gasteiger partial charge < -0.3 is 14.9 Å². The van der Waals surface area contributed by atoms with Crippen LogP contribution >= 0.6 is 0 Å². The van der Waals surface area contributed by atoms with Crippen LogP contribution in [0, 0.1) is 12.3 Å². The largest absolute Gasteiger partial charge is 0.478 e. The minimum Gasteiger partial charge on any atom is -0.478 e. The molecule has 0 saturated heterocycles. The van der Waals surface area contributed by atoms with Gasteiger partial charge in [0.1, 0.15) is 11.5 Å². The first-order chi connectivity index (χ1) is 9.93. The molecule has 5 nitrogen and oxygen atoms in total. The normalized spacial score (nSPS) is 11.6. The molecule has 0 amide bonds. The maximum atomic E-state index is 10.7. The van der Waals surface area contributed by atoms with Gasteiger partial charge in [-0.25, -0.2) is 9.59 Å². The molecule has 0 saturated carbocycles. The van der Waals surface area contributed by atoms with E-state index < -0.39 is 11.9 Å². The monoisotopic (exact) mass is 286 g/mol. The highest BCUT2D eigenvalue weighted by Crippen LogP contribution is 2.17. The molecule has 0 radical (unpaired) electrons.